The Morgan fingerprint density at radius 1 is 1.07 bits per heavy atom. The van der Waals surface area contributed by atoms with E-state index in [0.717, 1.165) is 51.2 Å². The zero-order chi connectivity index (χ0) is 19.1. The van der Waals surface area contributed by atoms with Crippen LogP contribution in [0.25, 0.3) is 0 Å². The molecule has 0 saturated carbocycles. The van der Waals surface area contributed by atoms with E-state index >= 15 is 0 Å². The fraction of sp³-hybridized carbons (Fsp3) is 0.450. The molecule has 1 aliphatic heterocycles. The van der Waals surface area contributed by atoms with Crippen LogP contribution in [0, 0.1) is 0 Å². The summed E-state index contributed by atoms with van der Waals surface area (Å²) >= 11 is 0. The maximum Gasteiger partial charge on any atom is 0.225 e. The van der Waals surface area contributed by atoms with Gasteiger partial charge in [0, 0.05) is 58.7 Å². The Labute approximate surface area is 161 Å². The molecule has 1 fully saturated rings. The van der Waals surface area contributed by atoms with Crippen molar-refractivity contribution in [3.8, 4) is 0 Å². The van der Waals surface area contributed by atoms with Gasteiger partial charge in [0.15, 0.2) is 5.96 Å². The molecule has 3 rings (SSSR count). The summed E-state index contributed by atoms with van der Waals surface area (Å²) in [7, 11) is 6.03. The van der Waals surface area contributed by atoms with E-state index in [2.05, 4.69) is 73.3 Å². The highest BCUT2D eigenvalue weighted by molar-refractivity contribution is 5.80. The van der Waals surface area contributed by atoms with E-state index in [9.17, 15) is 0 Å². The van der Waals surface area contributed by atoms with Gasteiger partial charge < -0.3 is 20.0 Å². The fourth-order valence-corrected chi connectivity index (χ4v) is 3.29. The first-order valence-electron chi connectivity index (χ1n) is 9.36. The van der Waals surface area contributed by atoms with E-state index in [-0.39, 0.29) is 0 Å². The van der Waals surface area contributed by atoms with Gasteiger partial charge in [-0.25, -0.2) is 9.97 Å². The molecule has 1 N–H and O–H groups in total. The predicted molar refractivity (Wildman–Crippen MR) is 110 cm³/mol. The maximum absolute atomic E-state index is 4.47. The Kier molecular flexibility index (Phi) is 6.59. The zero-order valence-corrected chi connectivity index (χ0v) is 16.5. The lowest BCUT2D eigenvalue weighted by Gasteiger charge is -2.36. The number of anilines is 1. The number of benzene rings is 1. The SMILES string of the molecule is CN=C(NCc1cccc(CN(C)C)c1)N1CCN(c2ncccn2)CC1. The van der Waals surface area contributed by atoms with E-state index in [1.165, 1.54) is 11.1 Å². The summed E-state index contributed by atoms with van der Waals surface area (Å²) in [5.74, 6) is 1.75. The van der Waals surface area contributed by atoms with Crippen LogP contribution >= 0.6 is 0 Å². The molecule has 2 aromatic rings. The molecule has 7 nitrogen and oxygen atoms in total. The minimum Gasteiger partial charge on any atom is -0.352 e. The van der Waals surface area contributed by atoms with Gasteiger partial charge in [-0.3, -0.25) is 4.99 Å². The van der Waals surface area contributed by atoms with Crippen molar-refractivity contribution >= 4 is 11.9 Å². The molecular weight excluding hydrogens is 338 g/mol. The van der Waals surface area contributed by atoms with Crippen LogP contribution in [0.4, 0.5) is 5.95 Å². The third-order valence-electron chi connectivity index (χ3n) is 4.57. The van der Waals surface area contributed by atoms with Crippen LogP contribution < -0.4 is 10.2 Å². The number of hydrogen-bond donors (Lipinski definition) is 1. The molecule has 0 radical (unpaired) electrons. The molecule has 1 aliphatic rings. The normalized spacial score (nSPS) is 15.3. The quantitative estimate of drug-likeness (QED) is 0.637. The fourth-order valence-electron chi connectivity index (χ4n) is 3.29. The summed E-state index contributed by atoms with van der Waals surface area (Å²) in [6.45, 7) is 5.31. The maximum atomic E-state index is 4.47. The Balaban J connectivity index is 1.53. The topological polar surface area (TPSA) is 59.9 Å². The number of nitrogens with zero attached hydrogens (tertiary/aromatic N) is 6. The average molecular weight is 368 g/mol. The summed E-state index contributed by atoms with van der Waals surface area (Å²) in [4.78, 5) is 19.9. The minimum absolute atomic E-state index is 0.774. The third-order valence-corrected chi connectivity index (χ3v) is 4.57. The van der Waals surface area contributed by atoms with Gasteiger partial charge >= 0.3 is 0 Å². The van der Waals surface area contributed by atoms with Crippen LogP contribution in [-0.4, -0.2) is 73.0 Å². The highest BCUT2D eigenvalue weighted by atomic mass is 15.4. The van der Waals surface area contributed by atoms with Crippen molar-refractivity contribution in [2.75, 3.05) is 52.2 Å². The average Bonchev–Trinajstić information content (AvgIpc) is 2.69. The number of hydrogen-bond acceptors (Lipinski definition) is 5. The molecule has 0 atom stereocenters. The number of nitrogens with one attached hydrogen (secondary N) is 1. The van der Waals surface area contributed by atoms with Gasteiger partial charge in [0.1, 0.15) is 0 Å². The molecule has 0 spiro atoms. The lowest BCUT2D eigenvalue weighted by molar-refractivity contribution is 0.370. The number of aliphatic imine (C=N–C) groups is 1. The molecule has 144 valence electrons. The zero-order valence-electron chi connectivity index (χ0n) is 16.5. The van der Waals surface area contributed by atoms with E-state index in [1.54, 1.807) is 12.4 Å². The first kappa shape index (κ1) is 19.1. The monoisotopic (exact) mass is 367 g/mol. The third kappa shape index (κ3) is 5.40. The highest BCUT2D eigenvalue weighted by Crippen LogP contribution is 2.11. The van der Waals surface area contributed by atoms with Crippen LogP contribution in [0.5, 0.6) is 0 Å². The summed E-state index contributed by atoms with van der Waals surface area (Å²) in [5.41, 5.74) is 2.59. The second kappa shape index (κ2) is 9.32. The predicted octanol–water partition coefficient (Wildman–Crippen LogP) is 1.44. The number of aromatic nitrogens is 2. The summed E-state index contributed by atoms with van der Waals surface area (Å²) in [6, 6.07) is 10.6. The summed E-state index contributed by atoms with van der Waals surface area (Å²) in [5, 5.41) is 3.50. The molecule has 1 aromatic heterocycles. The molecule has 0 unspecified atom stereocenters. The van der Waals surface area contributed by atoms with Gasteiger partial charge in [0.2, 0.25) is 5.95 Å². The first-order valence-corrected chi connectivity index (χ1v) is 9.36. The van der Waals surface area contributed by atoms with Crippen molar-refractivity contribution in [2.24, 2.45) is 4.99 Å². The molecule has 7 heteroatoms. The van der Waals surface area contributed by atoms with E-state index < -0.39 is 0 Å². The molecule has 0 amide bonds. The lowest BCUT2D eigenvalue weighted by Crippen LogP contribution is -2.52. The molecule has 27 heavy (non-hydrogen) atoms. The van der Waals surface area contributed by atoms with Crippen LogP contribution in [0.15, 0.2) is 47.7 Å². The van der Waals surface area contributed by atoms with Crippen molar-refractivity contribution in [1.82, 2.24) is 25.1 Å². The van der Waals surface area contributed by atoms with Crippen LogP contribution in [-0.2, 0) is 13.1 Å². The Bertz CT molecular complexity index is 737. The lowest BCUT2D eigenvalue weighted by atomic mass is 10.1. The molecule has 0 aliphatic carbocycles. The van der Waals surface area contributed by atoms with Crippen LogP contribution in [0.3, 0.4) is 0 Å². The Morgan fingerprint density at radius 3 is 2.44 bits per heavy atom. The summed E-state index contributed by atoms with van der Waals surface area (Å²) < 4.78 is 0. The Morgan fingerprint density at radius 2 is 1.78 bits per heavy atom. The van der Waals surface area contributed by atoms with Gasteiger partial charge in [-0.05, 0) is 31.3 Å². The van der Waals surface area contributed by atoms with E-state index in [1.807, 2.05) is 13.1 Å². The van der Waals surface area contributed by atoms with Crippen LogP contribution in [0.1, 0.15) is 11.1 Å². The number of guanidine groups is 1. The smallest absolute Gasteiger partial charge is 0.225 e. The standard InChI is InChI=1S/C20H29N7/c1-21-19(24-15-17-6-4-7-18(14-17)16-25(2)3)26-10-12-27(13-11-26)20-22-8-5-9-23-20/h4-9,14H,10-13,15-16H2,1-3H3,(H,21,24). The van der Waals surface area contributed by atoms with Crippen molar-refractivity contribution in [2.45, 2.75) is 13.1 Å². The molecule has 1 aromatic carbocycles. The van der Waals surface area contributed by atoms with Crippen molar-refractivity contribution < 1.29 is 0 Å². The van der Waals surface area contributed by atoms with Gasteiger partial charge in [0.25, 0.3) is 0 Å². The second-order valence-corrected chi connectivity index (χ2v) is 6.98. The van der Waals surface area contributed by atoms with Gasteiger partial charge in [-0.1, -0.05) is 24.3 Å². The van der Waals surface area contributed by atoms with Crippen molar-refractivity contribution in [3.05, 3.63) is 53.9 Å². The molecular formula is C20H29N7. The largest absolute Gasteiger partial charge is 0.352 e. The van der Waals surface area contributed by atoms with E-state index in [0.29, 0.717) is 0 Å². The van der Waals surface area contributed by atoms with Gasteiger partial charge in [0.05, 0.1) is 0 Å². The summed E-state index contributed by atoms with van der Waals surface area (Å²) in [6.07, 6.45) is 3.58. The minimum atomic E-state index is 0.774. The van der Waals surface area contributed by atoms with Crippen molar-refractivity contribution in [1.29, 1.82) is 0 Å². The second-order valence-electron chi connectivity index (χ2n) is 6.98. The number of rotatable bonds is 5. The first-order chi connectivity index (χ1) is 13.2. The molecule has 1 saturated heterocycles. The van der Waals surface area contributed by atoms with Crippen LogP contribution in [0.2, 0.25) is 0 Å². The molecule has 0 bridgehead atoms. The number of piperazine rings is 1. The van der Waals surface area contributed by atoms with Gasteiger partial charge in [-0.15, -0.1) is 0 Å². The molecule has 2 heterocycles. The Hall–Kier alpha value is -2.67. The highest BCUT2D eigenvalue weighted by Gasteiger charge is 2.20. The van der Waals surface area contributed by atoms with Gasteiger partial charge in [-0.2, -0.15) is 0 Å². The van der Waals surface area contributed by atoms with E-state index in [4.69, 9.17) is 0 Å². The van der Waals surface area contributed by atoms with Crippen molar-refractivity contribution in [3.63, 3.8) is 0 Å².